The fraction of sp³-hybridized carbons (Fsp3) is 0.429. The summed E-state index contributed by atoms with van der Waals surface area (Å²) in [5.74, 6) is -0.124. The summed E-state index contributed by atoms with van der Waals surface area (Å²) in [4.78, 5) is 0. The molecule has 0 unspecified atom stereocenters. The summed E-state index contributed by atoms with van der Waals surface area (Å²) in [5.41, 5.74) is 2.06. The predicted molar refractivity (Wildman–Crippen MR) is 66.1 cm³/mol. The summed E-state index contributed by atoms with van der Waals surface area (Å²) in [7, 11) is 0. The van der Waals surface area contributed by atoms with E-state index in [0.29, 0.717) is 5.56 Å². The number of hydrogen-bond acceptors (Lipinski definition) is 0. The largest absolute Gasteiger partial charge is 0.347 e. The van der Waals surface area contributed by atoms with Crippen molar-refractivity contribution in [2.24, 2.45) is 5.41 Å². The Morgan fingerprint density at radius 3 is 2.56 bits per heavy atom. The number of aromatic nitrogens is 1. The second-order valence-corrected chi connectivity index (χ2v) is 5.66. The lowest BCUT2D eigenvalue weighted by molar-refractivity contribution is 0.349. The van der Waals surface area contributed by atoms with E-state index < -0.39 is 0 Å². The maximum Gasteiger partial charge on any atom is 0.126 e. The fourth-order valence-corrected chi connectivity index (χ4v) is 1.96. The third-order valence-corrected chi connectivity index (χ3v) is 2.70. The van der Waals surface area contributed by atoms with Crippen LogP contribution in [0.15, 0.2) is 24.4 Å². The normalized spacial score (nSPS) is 12.3. The molecule has 86 valence electrons. The highest BCUT2D eigenvalue weighted by Gasteiger charge is 2.13. The standard InChI is InChI=1S/C14H18FN/c1-10-7-13-11(8-12(10)15)5-6-16(13)9-14(2,3)4/h5-8H,9H2,1-4H3. The Balaban J connectivity index is 2.52. The van der Waals surface area contributed by atoms with Gasteiger partial charge in [-0.2, -0.15) is 0 Å². The van der Waals surface area contributed by atoms with Crippen LogP contribution in [0.1, 0.15) is 26.3 Å². The monoisotopic (exact) mass is 219 g/mol. The van der Waals surface area contributed by atoms with Crippen molar-refractivity contribution >= 4 is 10.9 Å². The minimum atomic E-state index is -0.124. The first-order chi connectivity index (χ1) is 7.37. The molecule has 0 atom stereocenters. The quantitative estimate of drug-likeness (QED) is 0.679. The summed E-state index contributed by atoms with van der Waals surface area (Å²) in [6.07, 6.45) is 2.04. The Morgan fingerprint density at radius 2 is 1.94 bits per heavy atom. The van der Waals surface area contributed by atoms with Gasteiger partial charge in [0, 0.05) is 23.6 Å². The first kappa shape index (κ1) is 11.2. The van der Waals surface area contributed by atoms with E-state index in [1.54, 1.807) is 6.07 Å². The summed E-state index contributed by atoms with van der Waals surface area (Å²) >= 11 is 0. The van der Waals surface area contributed by atoms with Crippen molar-refractivity contribution in [3.8, 4) is 0 Å². The van der Waals surface area contributed by atoms with Crippen LogP contribution in [0, 0.1) is 18.2 Å². The Hall–Kier alpha value is -1.31. The predicted octanol–water partition coefficient (Wildman–Crippen LogP) is 4.13. The fourth-order valence-electron chi connectivity index (χ4n) is 1.96. The molecule has 0 spiro atoms. The molecule has 0 fully saturated rings. The molecule has 0 aliphatic carbocycles. The SMILES string of the molecule is Cc1cc2c(ccn2CC(C)(C)C)cc1F. The highest BCUT2D eigenvalue weighted by atomic mass is 19.1. The maximum absolute atomic E-state index is 13.4. The molecule has 0 N–H and O–H groups in total. The average molecular weight is 219 g/mol. The number of halogens is 1. The zero-order chi connectivity index (χ0) is 11.9. The molecule has 1 aromatic carbocycles. The summed E-state index contributed by atoms with van der Waals surface area (Å²) in [6, 6.07) is 5.52. The first-order valence-corrected chi connectivity index (χ1v) is 5.62. The van der Waals surface area contributed by atoms with E-state index in [1.807, 2.05) is 25.3 Å². The van der Waals surface area contributed by atoms with Crippen LogP contribution in [0.4, 0.5) is 4.39 Å². The van der Waals surface area contributed by atoms with Crippen LogP contribution in [0.3, 0.4) is 0 Å². The van der Waals surface area contributed by atoms with Crippen molar-refractivity contribution in [1.82, 2.24) is 4.57 Å². The second-order valence-electron chi connectivity index (χ2n) is 5.66. The smallest absolute Gasteiger partial charge is 0.126 e. The number of benzene rings is 1. The molecule has 0 bridgehead atoms. The van der Waals surface area contributed by atoms with Crippen LogP contribution in [0.5, 0.6) is 0 Å². The van der Waals surface area contributed by atoms with E-state index >= 15 is 0 Å². The highest BCUT2D eigenvalue weighted by molar-refractivity contribution is 5.81. The van der Waals surface area contributed by atoms with Gasteiger partial charge in [-0.1, -0.05) is 20.8 Å². The molecule has 0 aliphatic heterocycles. The molecule has 1 nitrogen and oxygen atoms in total. The van der Waals surface area contributed by atoms with Gasteiger partial charge in [0.15, 0.2) is 0 Å². The van der Waals surface area contributed by atoms with Crippen LogP contribution in [-0.4, -0.2) is 4.57 Å². The van der Waals surface area contributed by atoms with Gasteiger partial charge >= 0.3 is 0 Å². The van der Waals surface area contributed by atoms with Crippen LogP contribution >= 0.6 is 0 Å². The lowest BCUT2D eigenvalue weighted by Crippen LogP contribution is -2.14. The van der Waals surface area contributed by atoms with Crippen molar-refractivity contribution in [3.63, 3.8) is 0 Å². The number of aryl methyl sites for hydroxylation is 1. The minimum Gasteiger partial charge on any atom is -0.347 e. The molecule has 2 aromatic rings. The summed E-state index contributed by atoms with van der Waals surface area (Å²) in [6.45, 7) is 9.37. The topological polar surface area (TPSA) is 4.93 Å². The van der Waals surface area contributed by atoms with Crippen LogP contribution in [-0.2, 0) is 6.54 Å². The van der Waals surface area contributed by atoms with Crippen molar-refractivity contribution in [3.05, 3.63) is 35.8 Å². The van der Waals surface area contributed by atoms with Gasteiger partial charge in [0.05, 0.1) is 0 Å². The Kier molecular flexibility index (Phi) is 2.53. The molecule has 1 aromatic heterocycles. The van der Waals surface area contributed by atoms with Gasteiger partial charge in [-0.05, 0) is 36.1 Å². The van der Waals surface area contributed by atoms with Crippen molar-refractivity contribution in [2.75, 3.05) is 0 Å². The summed E-state index contributed by atoms with van der Waals surface area (Å²) in [5, 5.41) is 0.979. The number of nitrogens with zero attached hydrogens (tertiary/aromatic N) is 1. The highest BCUT2D eigenvalue weighted by Crippen LogP contribution is 2.24. The molecule has 0 saturated carbocycles. The van der Waals surface area contributed by atoms with E-state index in [0.717, 1.165) is 17.4 Å². The molecule has 0 amide bonds. The van der Waals surface area contributed by atoms with Gasteiger partial charge < -0.3 is 4.57 Å². The van der Waals surface area contributed by atoms with E-state index in [-0.39, 0.29) is 11.2 Å². The third kappa shape index (κ3) is 2.11. The zero-order valence-corrected chi connectivity index (χ0v) is 10.3. The molecular formula is C14H18FN. The third-order valence-electron chi connectivity index (χ3n) is 2.70. The van der Waals surface area contributed by atoms with Crippen molar-refractivity contribution in [1.29, 1.82) is 0 Å². The van der Waals surface area contributed by atoms with Gasteiger partial charge in [-0.15, -0.1) is 0 Å². The maximum atomic E-state index is 13.4. The van der Waals surface area contributed by atoms with Crippen molar-refractivity contribution < 1.29 is 4.39 Å². The second kappa shape index (κ2) is 3.62. The Morgan fingerprint density at radius 1 is 1.25 bits per heavy atom. The van der Waals surface area contributed by atoms with E-state index in [1.165, 1.54) is 0 Å². The molecular weight excluding hydrogens is 201 g/mol. The number of rotatable bonds is 1. The number of fused-ring (bicyclic) bond motifs is 1. The van der Waals surface area contributed by atoms with E-state index in [2.05, 4.69) is 25.3 Å². The molecule has 2 heteroatoms. The van der Waals surface area contributed by atoms with E-state index in [4.69, 9.17) is 0 Å². The van der Waals surface area contributed by atoms with Gasteiger partial charge in [-0.3, -0.25) is 0 Å². The van der Waals surface area contributed by atoms with E-state index in [9.17, 15) is 4.39 Å². The lowest BCUT2D eigenvalue weighted by atomic mass is 9.97. The molecule has 0 saturated heterocycles. The van der Waals surface area contributed by atoms with Crippen LogP contribution in [0.25, 0.3) is 10.9 Å². The number of hydrogen-bond donors (Lipinski definition) is 0. The van der Waals surface area contributed by atoms with Crippen LogP contribution < -0.4 is 0 Å². The molecule has 2 rings (SSSR count). The molecule has 16 heavy (non-hydrogen) atoms. The zero-order valence-electron chi connectivity index (χ0n) is 10.3. The van der Waals surface area contributed by atoms with Crippen molar-refractivity contribution in [2.45, 2.75) is 34.2 Å². The Bertz CT molecular complexity index is 517. The van der Waals surface area contributed by atoms with Gasteiger partial charge in [-0.25, -0.2) is 4.39 Å². The lowest BCUT2D eigenvalue weighted by Gasteiger charge is -2.20. The van der Waals surface area contributed by atoms with Gasteiger partial charge in [0.2, 0.25) is 0 Å². The molecule has 1 heterocycles. The first-order valence-electron chi connectivity index (χ1n) is 5.62. The molecule has 0 aliphatic rings. The van der Waals surface area contributed by atoms with Crippen LogP contribution in [0.2, 0.25) is 0 Å². The van der Waals surface area contributed by atoms with Gasteiger partial charge in [0.1, 0.15) is 5.82 Å². The summed E-state index contributed by atoms with van der Waals surface area (Å²) < 4.78 is 15.6. The minimum absolute atomic E-state index is 0.124. The Labute approximate surface area is 95.9 Å². The van der Waals surface area contributed by atoms with Gasteiger partial charge in [0.25, 0.3) is 0 Å². The molecule has 0 radical (unpaired) electrons. The average Bonchev–Trinajstić information content (AvgIpc) is 2.47.